The number of ether oxygens (including phenoxy) is 1. The molecule has 1 atom stereocenters. The van der Waals surface area contributed by atoms with Crippen LogP contribution in [0.5, 0.6) is 5.75 Å². The first-order valence-electron chi connectivity index (χ1n) is 6.11. The molecule has 2 N–H and O–H groups in total. The number of carboxylic acid groups (broad SMARTS) is 1. The lowest BCUT2D eigenvalue weighted by Gasteiger charge is -2.09. The summed E-state index contributed by atoms with van der Waals surface area (Å²) < 4.78 is 10.8. The van der Waals surface area contributed by atoms with Gasteiger partial charge < -0.3 is 19.4 Å². The molecule has 0 unspecified atom stereocenters. The molecule has 0 saturated heterocycles. The van der Waals surface area contributed by atoms with Gasteiger partial charge in [0.2, 0.25) is 5.43 Å². The molecule has 1 aliphatic carbocycles. The normalized spacial score (nSPS) is 17.4. The van der Waals surface area contributed by atoms with Gasteiger partial charge in [-0.3, -0.25) is 4.79 Å². The fourth-order valence-corrected chi connectivity index (χ4v) is 2.64. The van der Waals surface area contributed by atoms with Crippen molar-refractivity contribution < 1.29 is 24.2 Å². The van der Waals surface area contributed by atoms with Crippen LogP contribution in [-0.2, 0) is 11.2 Å². The van der Waals surface area contributed by atoms with Crippen LogP contribution in [0.15, 0.2) is 21.3 Å². The third kappa shape index (κ3) is 1.69. The van der Waals surface area contributed by atoms with E-state index in [1.54, 1.807) is 0 Å². The molecule has 20 heavy (non-hydrogen) atoms. The average molecular weight is 276 g/mol. The molecule has 0 spiro atoms. The first-order chi connectivity index (χ1) is 9.52. The number of hydrogen-bond acceptors (Lipinski definition) is 5. The number of aryl methyl sites for hydroxylation is 1. The molecule has 1 aliphatic rings. The summed E-state index contributed by atoms with van der Waals surface area (Å²) >= 11 is 0. The van der Waals surface area contributed by atoms with E-state index in [0.29, 0.717) is 24.2 Å². The topological polar surface area (TPSA) is 97.0 Å². The zero-order valence-corrected chi connectivity index (χ0v) is 10.7. The Balaban J connectivity index is 2.37. The van der Waals surface area contributed by atoms with Gasteiger partial charge in [-0.15, -0.1) is 0 Å². The number of aromatic carboxylic acids is 1. The number of rotatable bonds is 2. The van der Waals surface area contributed by atoms with E-state index < -0.39 is 11.7 Å². The van der Waals surface area contributed by atoms with Gasteiger partial charge >= 0.3 is 5.97 Å². The molecule has 1 heterocycles. The number of aromatic hydroxyl groups is 1. The molecule has 1 aromatic carbocycles. The summed E-state index contributed by atoms with van der Waals surface area (Å²) in [6.45, 7) is 0. The van der Waals surface area contributed by atoms with Crippen LogP contribution in [0.25, 0.3) is 11.0 Å². The number of benzene rings is 1. The van der Waals surface area contributed by atoms with E-state index >= 15 is 0 Å². The number of phenolic OH excluding ortho intramolecular Hbond substituents is 1. The third-order valence-corrected chi connectivity index (χ3v) is 3.57. The zero-order chi connectivity index (χ0) is 14.4. The quantitative estimate of drug-likeness (QED) is 0.868. The van der Waals surface area contributed by atoms with Crippen LogP contribution in [0.4, 0.5) is 0 Å². The number of fused-ring (bicyclic) bond motifs is 2. The zero-order valence-electron chi connectivity index (χ0n) is 10.7. The smallest absolute Gasteiger partial charge is 0.335 e. The van der Waals surface area contributed by atoms with Crippen molar-refractivity contribution in [1.29, 1.82) is 0 Å². The van der Waals surface area contributed by atoms with Gasteiger partial charge in [-0.2, -0.15) is 0 Å². The molecule has 0 radical (unpaired) electrons. The van der Waals surface area contributed by atoms with E-state index in [9.17, 15) is 14.7 Å². The Morgan fingerprint density at radius 3 is 2.85 bits per heavy atom. The molecule has 0 aliphatic heterocycles. The Kier molecular flexibility index (Phi) is 2.76. The van der Waals surface area contributed by atoms with Gasteiger partial charge in [0.1, 0.15) is 22.5 Å². The maximum atomic E-state index is 12.4. The van der Waals surface area contributed by atoms with Gasteiger partial charge in [-0.25, -0.2) is 4.79 Å². The molecule has 0 bridgehead atoms. The summed E-state index contributed by atoms with van der Waals surface area (Å²) in [7, 11) is 1.51. The summed E-state index contributed by atoms with van der Waals surface area (Å²) in [5.41, 5.74) is 0.0145. The Hall–Kier alpha value is -2.34. The summed E-state index contributed by atoms with van der Waals surface area (Å²) in [6, 6.07) is 2.30. The van der Waals surface area contributed by atoms with Crippen molar-refractivity contribution in [1.82, 2.24) is 0 Å². The summed E-state index contributed by atoms with van der Waals surface area (Å²) in [5, 5.41) is 18.9. The predicted molar refractivity (Wildman–Crippen MR) is 69.2 cm³/mol. The molecule has 1 aromatic heterocycles. The molecule has 0 saturated carbocycles. The van der Waals surface area contributed by atoms with E-state index in [-0.39, 0.29) is 28.1 Å². The van der Waals surface area contributed by atoms with E-state index in [1.165, 1.54) is 13.2 Å². The average Bonchev–Trinajstić information content (AvgIpc) is 2.81. The van der Waals surface area contributed by atoms with Gasteiger partial charge in [0.25, 0.3) is 0 Å². The van der Waals surface area contributed by atoms with Crippen LogP contribution in [0, 0.1) is 0 Å². The first-order valence-corrected chi connectivity index (χ1v) is 6.11. The molecular weight excluding hydrogens is 264 g/mol. The van der Waals surface area contributed by atoms with Crippen LogP contribution in [-0.4, -0.2) is 23.3 Å². The molecule has 3 rings (SSSR count). The number of hydrogen-bond donors (Lipinski definition) is 2. The molecular formula is C14H12O6. The molecule has 2 aromatic rings. The minimum absolute atomic E-state index is 0.00213. The fraction of sp³-hybridized carbons (Fsp3) is 0.286. The van der Waals surface area contributed by atoms with Crippen LogP contribution < -0.4 is 5.43 Å². The van der Waals surface area contributed by atoms with Crippen molar-refractivity contribution in [3.05, 3.63) is 39.2 Å². The van der Waals surface area contributed by atoms with Gasteiger partial charge in [0.15, 0.2) is 0 Å². The van der Waals surface area contributed by atoms with Crippen molar-refractivity contribution in [3.63, 3.8) is 0 Å². The standard InChI is InChI=1S/C14H12O6/c1-19-8-2-3-9-12(8)13(16)11-7(15)4-6(14(17)18)5-10(11)20-9/h4-5,8,15H,2-3H2,1H3,(H,17,18)/t8-/m0/s1. The van der Waals surface area contributed by atoms with Crippen molar-refractivity contribution in [3.8, 4) is 5.75 Å². The monoisotopic (exact) mass is 276 g/mol. The van der Waals surface area contributed by atoms with Crippen molar-refractivity contribution in [2.24, 2.45) is 0 Å². The summed E-state index contributed by atoms with van der Waals surface area (Å²) in [5.74, 6) is -1.09. The number of methoxy groups -OCH3 is 1. The molecule has 6 nitrogen and oxygen atoms in total. The fourth-order valence-electron chi connectivity index (χ4n) is 2.64. The van der Waals surface area contributed by atoms with Gasteiger partial charge in [-0.1, -0.05) is 0 Å². The van der Waals surface area contributed by atoms with E-state index in [4.69, 9.17) is 14.3 Å². The highest BCUT2D eigenvalue weighted by molar-refractivity contribution is 5.95. The van der Waals surface area contributed by atoms with Crippen molar-refractivity contribution in [2.75, 3.05) is 7.11 Å². The molecule has 0 amide bonds. The van der Waals surface area contributed by atoms with Crippen molar-refractivity contribution in [2.45, 2.75) is 18.9 Å². The minimum Gasteiger partial charge on any atom is -0.507 e. The Bertz CT molecular complexity index is 773. The molecule has 6 heteroatoms. The SMILES string of the molecule is CO[C@H]1CCc2oc3cc(C(=O)O)cc(O)c3c(=O)c21. The summed E-state index contributed by atoms with van der Waals surface area (Å²) in [6.07, 6.45) is 0.842. The largest absolute Gasteiger partial charge is 0.507 e. The van der Waals surface area contributed by atoms with Crippen LogP contribution in [0.1, 0.15) is 34.2 Å². The lowest BCUT2D eigenvalue weighted by molar-refractivity contribution is 0.0696. The van der Waals surface area contributed by atoms with Crippen LogP contribution in [0.2, 0.25) is 0 Å². The maximum Gasteiger partial charge on any atom is 0.335 e. The van der Waals surface area contributed by atoms with E-state index in [0.717, 1.165) is 6.07 Å². The second-order valence-electron chi connectivity index (χ2n) is 4.70. The van der Waals surface area contributed by atoms with E-state index in [2.05, 4.69) is 0 Å². The summed E-state index contributed by atoms with van der Waals surface area (Å²) in [4.78, 5) is 23.4. The van der Waals surface area contributed by atoms with E-state index in [1.807, 2.05) is 0 Å². The highest BCUT2D eigenvalue weighted by atomic mass is 16.5. The first kappa shape index (κ1) is 12.7. The Morgan fingerprint density at radius 1 is 1.45 bits per heavy atom. The number of carboxylic acids is 1. The number of carbonyl (C=O) groups is 1. The third-order valence-electron chi connectivity index (χ3n) is 3.57. The van der Waals surface area contributed by atoms with Gasteiger partial charge in [0, 0.05) is 13.5 Å². The Labute approximate surface area is 113 Å². The lowest BCUT2D eigenvalue weighted by atomic mass is 10.1. The highest BCUT2D eigenvalue weighted by Crippen LogP contribution is 2.35. The second-order valence-corrected chi connectivity index (χ2v) is 4.70. The van der Waals surface area contributed by atoms with Crippen LogP contribution in [0.3, 0.4) is 0 Å². The van der Waals surface area contributed by atoms with Gasteiger partial charge in [-0.05, 0) is 18.6 Å². The lowest BCUT2D eigenvalue weighted by Crippen LogP contribution is -2.13. The number of phenols is 1. The highest BCUT2D eigenvalue weighted by Gasteiger charge is 2.30. The Morgan fingerprint density at radius 2 is 2.20 bits per heavy atom. The van der Waals surface area contributed by atoms with Crippen molar-refractivity contribution >= 4 is 16.9 Å². The molecule has 0 fully saturated rings. The predicted octanol–water partition coefficient (Wildman–Crippen LogP) is 1.83. The second kappa shape index (κ2) is 4.35. The maximum absolute atomic E-state index is 12.4. The van der Waals surface area contributed by atoms with Crippen LogP contribution >= 0.6 is 0 Å². The van der Waals surface area contributed by atoms with Gasteiger partial charge in [0.05, 0.1) is 17.2 Å². The molecule has 104 valence electrons. The minimum atomic E-state index is -1.19.